The Kier molecular flexibility index (Phi) is 4.54. The standard InChI is InChI=1S/C11H22ClN/c1-11(2)7-6-10-13(11)9-5-3-4-8-12/h3-10H2,1-2H3. The second kappa shape index (κ2) is 5.21. The Balaban J connectivity index is 2.14. The second-order valence-electron chi connectivity index (χ2n) is 4.65. The molecular formula is C11H22ClN. The van der Waals surface area contributed by atoms with Gasteiger partial charge in [-0.2, -0.15) is 0 Å². The first-order valence-electron chi connectivity index (χ1n) is 5.48. The maximum Gasteiger partial charge on any atom is 0.0223 e. The summed E-state index contributed by atoms with van der Waals surface area (Å²) in [5.41, 5.74) is 0.459. The topological polar surface area (TPSA) is 3.24 Å². The SMILES string of the molecule is CC1(C)CCCN1CCCCCCl. The normalized spacial score (nSPS) is 22.4. The number of likely N-dealkylation sites (tertiary alicyclic amines) is 1. The summed E-state index contributed by atoms with van der Waals surface area (Å²) in [6.07, 6.45) is 6.52. The van der Waals surface area contributed by atoms with Crippen molar-refractivity contribution in [2.75, 3.05) is 19.0 Å². The smallest absolute Gasteiger partial charge is 0.0223 e. The van der Waals surface area contributed by atoms with Crippen LogP contribution in [-0.2, 0) is 0 Å². The molecule has 0 amide bonds. The first-order chi connectivity index (χ1) is 6.17. The van der Waals surface area contributed by atoms with Gasteiger partial charge in [0.2, 0.25) is 0 Å². The first-order valence-corrected chi connectivity index (χ1v) is 6.01. The summed E-state index contributed by atoms with van der Waals surface area (Å²) in [7, 11) is 0. The first kappa shape index (κ1) is 11.3. The lowest BCUT2D eigenvalue weighted by Crippen LogP contribution is -2.38. The second-order valence-corrected chi connectivity index (χ2v) is 5.03. The number of hydrogen-bond donors (Lipinski definition) is 0. The van der Waals surface area contributed by atoms with Gasteiger partial charge in [0, 0.05) is 11.4 Å². The minimum atomic E-state index is 0.459. The summed E-state index contributed by atoms with van der Waals surface area (Å²) in [5, 5.41) is 0. The van der Waals surface area contributed by atoms with Gasteiger partial charge >= 0.3 is 0 Å². The fourth-order valence-electron chi connectivity index (χ4n) is 2.15. The molecule has 1 rings (SSSR count). The van der Waals surface area contributed by atoms with Crippen LogP contribution in [0, 0.1) is 0 Å². The lowest BCUT2D eigenvalue weighted by molar-refractivity contribution is 0.172. The van der Waals surface area contributed by atoms with Crippen molar-refractivity contribution in [3.05, 3.63) is 0 Å². The van der Waals surface area contributed by atoms with E-state index in [1.165, 1.54) is 45.2 Å². The third-order valence-electron chi connectivity index (χ3n) is 3.13. The Bertz CT molecular complexity index is 145. The summed E-state index contributed by atoms with van der Waals surface area (Å²) >= 11 is 5.64. The molecule has 1 fully saturated rings. The molecule has 13 heavy (non-hydrogen) atoms. The Labute approximate surface area is 87.4 Å². The van der Waals surface area contributed by atoms with Crippen LogP contribution in [-0.4, -0.2) is 29.4 Å². The molecule has 0 bridgehead atoms. The van der Waals surface area contributed by atoms with Crippen LogP contribution in [0.2, 0.25) is 0 Å². The van der Waals surface area contributed by atoms with Crippen molar-refractivity contribution < 1.29 is 0 Å². The number of hydrogen-bond acceptors (Lipinski definition) is 1. The summed E-state index contributed by atoms with van der Waals surface area (Å²) in [6.45, 7) is 7.29. The largest absolute Gasteiger partial charge is 0.298 e. The molecular weight excluding hydrogens is 182 g/mol. The van der Waals surface area contributed by atoms with Gasteiger partial charge < -0.3 is 0 Å². The summed E-state index contributed by atoms with van der Waals surface area (Å²) in [4.78, 5) is 2.63. The molecule has 2 heteroatoms. The molecule has 1 aliphatic heterocycles. The van der Waals surface area contributed by atoms with Crippen molar-refractivity contribution in [2.45, 2.75) is 51.5 Å². The van der Waals surface area contributed by atoms with E-state index in [4.69, 9.17) is 11.6 Å². The molecule has 0 aromatic rings. The molecule has 1 saturated heterocycles. The highest BCUT2D eigenvalue weighted by atomic mass is 35.5. The molecule has 1 nitrogen and oxygen atoms in total. The molecule has 0 spiro atoms. The Hall–Kier alpha value is 0.250. The average molecular weight is 204 g/mol. The van der Waals surface area contributed by atoms with E-state index in [0.717, 1.165) is 5.88 Å². The Morgan fingerprint density at radius 3 is 2.54 bits per heavy atom. The van der Waals surface area contributed by atoms with Gasteiger partial charge in [-0.15, -0.1) is 11.6 Å². The summed E-state index contributed by atoms with van der Waals surface area (Å²) in [5.74, 6) is 0.823. The van der Waals surface area contributed by atoms with Gasteiger partial charge in [-0.05, 0) is 52.6 Å². The molecule has 0 aromatic heterocycles. The zero-order chi connectivity index (χ0) is 9.73. The highest BCUT2D eigenvalue weighted by Crippen LogP contribution is 2.28. The van der Waals surface area contributed by atoms with E-state index >= 15 is 0 Å². The van der Waals surface area contributed by atoms with Crippen LogP contribution in [0.4, 0.5) is 0 Å². The van der Waals surface area contributed by atoms with Crippen molar-refractivity contribution >= 4 is 11.6 Å². The van der Waals surface area contributed by atoms with Crippen LogP contribution < -0.4 is 0 Å². The lowest BCUT2D eigenvalue weighted by Gasteiger charge is -2.31. The molecule has 0 aromatic carbocycles. The zero-order valence-corrected chi connectivity index (χ0v) is 9.74. The molecule has 0 unspecified atom stereocenters. The quantitative estimate of drug-likeness (QED) is 0.490. The third kappa shape index (κ3) is 3.47. The number of rotatable bonds is 5. The third-order valence-corrected chi connectivity index (χ3v) is 3.40. The minimum absolute atomic E-state index is 0.459. The van der Waals surface area contributed by atoms with Crippen molar-refractivity contribution in [2.24, 2.45) is 0 Å². The molecule has 0 N–H and O–H groups in total. The van der Waals surface area contributed by atoms with Gasteiger partial charge in [0.1, 0.15) is 0 Å². The van der Waals surface area contributed by atoms with Gasteiger partial charge in [-0.25, -0.2) is 0 Å². The van der Waals surface area contributed by atoms with Gasteiger partial charge in [0.15, 0.2) is 0 Å². The molecule has 0 atom stereocenters. The van der Waals surface area contributed by atoms with E-state index in [-0.39, 0.29) is 0 Å². The molecule has 78 valence electrons. The maximum atomic E-state index is 5.64. The highest BCUT2D eigenvalue weighted by Gasteiger charge is 2.30. The van der Waals surface area contributed by atoms with E-state index in [1.807, 2.05) is 0 Å². The number of nitrogens with zero attached hydrogens (tertiary/aromatic N) is 1. The number of halogens is 1. The van der Waals surface area contributed by atoms with Crippen LogP contribution >= 0.6 is 11.6 Å². The van der Waals surface area contributed by atoms with Gasteiger partial charge in [0.25, 0.3) is 0 Å². The van der Waals surface area contributed by atoms with E-state index in [1.54, 1.807) is 0 Å². The fraction of sp³-hybridized carbons (Fsp3) is 1.00. The Morgan fingerprint density at radius 1 is 1.23 bits per heavy atom. The minimum Gasteiger partial charge on any atom is -0.298 e. The van der Waals surface area contributed by atoms with E-state index in [0.29, 0.717) is 5.54 Å². The van der Waals surface area contributed by atoms with Crippen LogP contribution in [0.3, 0.4) is 0 Å². The van der Waals surface area contributed by atoms with Gasteiger partial charge in [0.05, 0.1) is 0 Å². The van der Waals surface area contributed by atoms with E-state index in [2.05, 4.69) is 18.7 Å². The summed E-state index contributed by atoms with van der Waals surface area (Å²) < 4.78 is 0. The van der Waals surface area contributed by atoms with Gasteiger partial charge in [-0.1, -0.05) is 6.42 Å². The van der Waals surface area contributed by atoms with E-state index < -0.39 is 0 Å². The molecule has 0 aliphatic carbocycles. The van der Waals surface area contributed by atoms with Crippen molar-refractivity contribution in [1.29, 1.82) is 0 Å². The van der Waals surface area contributed by atoms with Crippen LogP contribution in [0.15, 0.2) is 0 Å². The molecule has 1 aliphatic rings. The van der Waals surface area contributed by atoms with Crippen LogP contribution in [0.5, 0.6) is 0 Å². The van der Waals surface area contributed by atoms with Crippen molar-refractivity contribution in [3.8, 4) is 0 Å². The monoisotopic (exact) mass is 203 g/mol. The lowest BCUT2D eigenvalue weighted by atomic mass is 10.0. The maximum absolute atomic E-state index is 5.64. The summed E-state index contributed by atoms with van der Waals surface area (Å²) in [6, 6.07) is 0. The molecule has 0 saturated carbocycles. The fourth-order valence-corrected chi connectivity index (χ4v) is 2.34. The predicted molar refractivity (Wildman–Crippen MR) is 59.5 cm³/mol. The average Bonchev–Trinajstić information content (AvgIpc) is 2.40. The number of unbranched alkanes of at least 4 members (excludes halogenated alkanes) is 2. The highest BCUT2D eigenvalue weighted by molar-refractivity contribution is 6.17. The predicted octanol–water partition coefficient (Wildman–Crippen LogP) is 3.27. The molecule has 0 radical (unpaired) electrons. The van der Waals surface area contributed by atoms with Gasteiger partial charge in [-0.3, -0.25) is 4.90 Å². The Morgan fingerprint density at radius 2 is 2.00 bits per heavy atom. The number of alkyl halides is 1. The van der Waals surface area contributed by atoms with Crippen LogP contribution in [0.1, 0.15) is 46.0 Å². The molecule has 1 heterocycles. The van der Waals surface area contributed by atoms with Crippen molar-refractivity contribution in [1.82, 2.24) is 4.90 Å². The zero-order valence-electron chi connectivity index (χ0n) is 8.98. The van der Waals surface area contributed by atoms with E-state index in [9.17, 15) is 0 Å². The van der Waals surface area contributed by atoms with Crippen LogP contribution in [0.25, 0.3) is 0 Å². The van der Waals surface area contributed by atoms with Crippen molar-refractivity contribution in [3.63, 3.8) is 0 Å².